The van der Waals surface area contributed by atoms with Crippen molar-refractivity contribution in [1.29, 1.82) is 0 Å². The van der Waals surface area contributed by atoms with Crippen molar-refractivity contribution < 1.29 is 9.90 Å². The van der Waals surface area contributed by atoms with Crippen LogP contribution in [0.15, 0.2) is 12.1 Å². The second kappa shape index (κ2) is 5.70. The SMILES string of the molecule is CCCCn1c(C)c(C)c2cc(C(=O)O)cc(CC)c21. The lowest BCUT2D eigenvalue weighted by atomic mass is 10.0. The summed E-state index contributed by atoms with van der Waals surface area (Å²) in [7, 11) is 0. The van der Waals surface area contributed by atoms with E-state index in [1.165, 1.54) is 16.8 Å². The molecule has 0 aliphatic heterocycles. The van der Waals surface area contributed by atoms with Crippen molar-refractivity contribution in [2.24, 2.45) is 0 Å². The molecule has 0 saturated heterocycles. The van der Waals surface area contributed by atoms with Crippen LogP contribution >= 0.6 is 0 Å². The minimum absolute atomic E-state index is 0.394. The number of nitrogens with zero attached hydrogens (tertiary/aromatic N) is 1. The smallest absolute Gasteiger partial charge is 0.335 e. The summed E-state index contributed by atoms with van der Waals surface area (Å²) in [5, 5.41) is 10.4. The summed E-state index contributed by atoms with van der Waals surface area (Å²) < 4.78 is 2.36. The Balaban J connectivity index is 2.75. The summed E-state index contributed by atoms with van der Waals surface area (Å²) in [4.78, 5) is 11.3. The van der Waals surface area contributed by atoms with Gasteiger partial charge in [0.1, 0.15) is 0 Å². The molecule has 3 heteroatoms. The van der Waals surface area contributed by atoms with E-state index >= 15 is 0 Å². The number of carbonyl (C=O) groups is 1. The maximum Gasteiger partial charge on any atom is 0.335 e. The van der Waals surface area contributed by atoms with Crippen LogP contribution in [0, 0.1) is 13.8 Å². The molecule has 1 heterocycles. The van der Waals surface area contributed by atoms with Crippen molar-refractivity contribution in [3.63, 3.8) is 0 Å². The zero-order valence-corrected chi connectivity index (χ0v) is 12.8. The standard InChI is InChI=1S/C17H23NO2/c1-5-7-8-18-12(4)11(3)15-10-14(17(19)20)9-13(6-2)16(15)18/h9-10H,5-8H2,1-4H3,(H,19,20). The fourth-order valence-corrected chi connectivity index (χ4v) is 2.85. The number of fused-ring (bicyclic) bond motifs is 1. The van der Waals surface area contributed by atoms with Crippen molar-refractivity contribution in [3.8, 4) is 0 Å². The monoisotopic (exact) mass is 273 g/mol. The maximum atomic E-state index is 11.3. The summed E-state index contributed by atoms with van der Waals surface area (Å²) in [5.74, 6) is -0.847. The second-order valence-electron chi connectivity index (χ2n) is 5.41. The van der Waals surface area contributed by atoms with E-state index in [9.17, 15) is 9.90 Å². The van der Waals surface area contributed by atoms with E-state index in [0.717, 1.165) is 36.8 Å². The second-order valence-corrected chi connectivity index (χ2v) is 5.41. The highest BCUT2D eigenvalue weighted by molar-refractivity contribution is 5.97. The first-order chi connectivity index (χ1) is 9.51. The molecular formula is C17H23NO2. The molecule has 0 spiro atoms. The molecule has 0 amide bonds. The van der Waals surface area contributed by atoms with Gasteiger partial charge in [0, 0.05) is 17.6 Å². The summed E-state index contributed by atoms with van der Waals surface area (Å²) in [5.41, 5.74) is 5.21. The molecule has 0 aliphatic rings. The summed E-state index contributed by atoms with van der Waals surface area (Å²) in [6, 6.07) is 3.65. The maximum absolute atomic E-state index is 11.3. The molecule has 2 rings (SSSR count). The average Bonchev–Trinajstić information content (AvgIpc) is 2.68. The first kappa shape index (κ1) is 14.6. The minimum Gasteiger partial charge on any atom is -0.478 e. The molecular weight excluding hydrogens is 250 g/mol. The first-order valence-electron chi connectivity index (χ1n) is 7.36. The Hall–Kier alpha value is -1.77. The van der Waals surface area contributed by atoms with Crippen LogP contribution in [-0.2, 0) is 13.0 Å². The van der Waals surface area contributed by atoms with Gasteiger partial charge in [-0.25, -0.2) is 4.79 Å². The number of hydrogen-bond donors (Lipinski definition) is 1. The van der Waals surface area contributed by atoms with E-state index in [2.05, 4.69) is 32.3 Å². The molecule has 0 aliphatic carbocycles. The Labute approximate surface area is 120 Å². The molecule has 0 radical (unpaired) electrons. The van der Waals surface area contributed by atoms with Crippen LogP contribution in [0.4, 0.5) is 0 Å². The van der Waals surface area contributed by atoms with Gasteiger partial charge in [0.25, 0.3) is 0 Å². The van der Waals surface area contributed by atoms with Crippen LogP contribution in [0.2, 0.25) is 0 Å². The molecule has 108 valence electrons. The Kier molecular flexibility index (Phi) is 4.17. The third-order valence-electron chi connectivity index (χ3n) is 4.17. The number of carboxylic acids is 1. The van der Waals surface area contributed by atoms with Gasteiger partial charge >= 0.3 is 5.97 Å². The highest BCUT2D eigenvalue weighted by atomic mass is 16.4. The van der Waals surface area contributed by atoms with E-state index < -0.39 is 5.97 Å². The zero-order chi connectivity index (χ0) is 14.9. The van der Waals surface area contributed by atoms with E-state index in [4.69, 9.17) is 0 Å². The predicted octanol–water partition coefficient (Wildman–Crippen LogP) is 4.32. The molecule has 0 fully saturated rings. The number of carboxylic acid groups (broad SMARTS) is 1. The fraction of sp³-hybridized carbons (Fsp3) is 0.471. The molecule has 1 N–H and O–H groups in total. The van der Waals surface area contributed by atoms with Crippen molar-refractivity contribution in [3.05, 3.63) is 34.5 Å². The van der Waals surface area contributed by atoms with Crippen molar-refractivity contribution in [2.75, 3.05) is 0 Å². The van der Waals surface area contributed by atoms with Gasteiger partial charge in [-0.05, 0) is 49.9 Å². The Bertz CT molecular complexity index is 653. The van der Waals surface area contributed by atoms with Crippen LogP contribution in [0.3, 0.4) is 0 Å². The average molecular weight is 273 g/mol. The quantitative estimate of drug-likeness (QED) is 0.881. The molecule has 0 saturated carbocycles. The van der Waals surface area contributed by atoms with Crippen LogP contribution in [0.1, 0.15) is 53.9 Å². The van der Waals surface area contributed by atoms with Crippen molar-refractivity contribution >= 4 is 16.9 Å². The van der Waals surface area contributed by atoms with Crippen LogP contribution in [0.5, 0.6) is 0 Å². The van der Waals surface area contributed by atoms with Gasteiger partial charge in [-0.2, -0.15) is 0 Å². The first-order valence-corrected chi connectivity index (χ1v) is 7.36. The Morgan fingerprint density at radius 1 is 1.25 bits per heavy atom. The summed E-state index contributed by atoms with van der Waals surface area (Å²) in [6.45, 7) is 9.50. The molecule has 20 heavy (non-hydrogen) atoms. The topological polar surface area (TPSA) is 42.2 Å². The lowest BCUT2D eigenvalue weighted by molar-refractivity contribution is 0.0697. The number of aryl methyl sites for hydroxylation is 3. The molecule has 3 nitrogen and oxygen atoms in total. The number of aromatic carboxylic acids is 1. The zero-order valence-electron chi connectivity index (χ0n) is 12.8. The normalized spacial score (nSPS) is 11.2. The van der Waals surface area contributed by atoms with Gasteiger partial charge in [0.2, 0.25) is 0 Å². The van der Waals surface area contributed by atoms with Crippen LogP contribution in [-0.4, -0.2) is 15.6 Å². The van der Waals surface area contributed by atoms with Crippen molar-refractivity contribution in [1.82, 2.24) is 4.57 Å². The van der Waals surface area contributed by atoms with Crippen molar-refractivity contribution in [2.45, 2.75) is 53.5 Å². The highest BCUT2D eigenvalue weighted by Crippen LogP contribution is 2.30. The Morgan fingerprint density at radius 3 is 2.50 bits per heavy atom. The van der Waals surface area contributed by atoms with Gasteiger partial charge in [-0.1, -0.05) is 20.3 Å². The van der Waals surface area contributed by atoms with Gasteiger partial charge in [-0.3, -0.25) is 0 Å². The van der Waals surface area contributed by atoms with Gasteiger partial charge in [0.05, 0.1) is 11.1 Å². The summed E-state index contributed by atoms with van der Waals surface area (Å²) in [6.07, 6.45) is 3.16. The highest BCUT2D eigenvalue weighted by Gasteiger charge is 2.16. The number of hydrogen-bond acceptors (Lipinski definition) is 1. The molecule has 0 bridgehead atoms. The van der Waals surface area contributed by atoms with Gasteiger partial charge in [0.15, 0.2) is 0 Å². The Morgan fingerprint density at radius 2 is 1.95 bits per heavy atom. The molecule has 2 aromatic rings. The molecule has 0 unspecified atom stereocenters. The third-order valence-corrected chi connectivity index (χ3v) is 4.17. The fourth-order valence-electron chi connectivity index (χ4n) is 2.85. The van der Waals surface area contributed by atoms with Gasteiger partial charge in [-0.15, -0.1) is 0 Å². The summed E-state index contributed by atoms with van der Waals surface area (Å²) >= 11 is 0. The number of unbranched alkanes of at least 4 members (excludes halogenated alkanes) is 1. The molecule has 1 aromatic heterocycles. The number of rotatable bonds is 5. The third kappa shape index (κ3) is 2.33. The number of benzene rings is 1. The van der Waals surface area contributed by atoms with Crippen LogP contribution in [0.25, 0.3) is 10.9 Å². The van der Waals surface area contributed by atoms with E-state index in [1.807, 2.05) is 12.1 Å². The van der Waals surface area contributed by atoms with E-state index in [1.54, 1.807) is 0 Å². The van der Waals surface area contributed by atoms with Crippen LogP contribution < -0.4 is 0 Å². The van der Waals surface area contributed by atoms with Gasteiger partial charge < -0.3 is 9.67 Å². The predicted molar refractivity (Wildman–Crippen MR) is 82.7 cm³/mol. The molecule has 0 atom stereocenters. The minimum atomic E-state index is -0.847. The lowest BCUT2D eigenvalue weighted by Gasteiger charge is -2.11. The van der Waals surface area contributed by atoms with E-state index in [-0.39, 0.29) is 0 Å². The van der Waals surface area contributed by atoms with E-state index in [0.29, 0.717) is 5.56 Å². The number of aromatic nitrogens is 1. The molecule has 1 aromatic carbocycles. The largest absolute Gasteiger partial charge is 0.478 e. The lowest BCUT2D eigenvalue weighted by Crippen LogP contribution is -2.03.